The number of carbonyl (C=O) groups is 1. The minimum atomic E-state index is -0.799. The molecule has 5 heteroatoms. The summed E-state index contributed by atoms with van der Waals surface area (Å²) in [6.45, 7) is 1.13. The van der Waals surface area contributed by atoms with Gasteiger partial charge in [-0.3, -0.25) is 4.79 Å². The molecule has 1 aliphatic heterocycles. The summed E-state index contributed by atoms with van der Waals surface area (Å²) in [7, 11) is 1.77. The summed E-state index contributed by atoms with van der Waals surface area (Å²) < 4.78 is 10.9. The van der Waals surface area contributed by atoms with Gasteiger partial charge in [0.2, 0.25) is 0 Å². The monoisotopic (exact) mass is 251 g/mol. The highest BCUT2D eigenvalue weighted by atomic mass is 16.6. The zero-order valence-corrected chi connectivity index (χ0v) is 10.3. The molecule has 0 saturated heterocycles. The molecule has 0 saturated carbocycles. The van der Waals surface area contributed by atoms with E-state index in [9.17, 15) is 4.79 Å². The van der Waals surface area contributed by atoms with Gasteiger partial charge in [-0.1, -0.05) is 6.07 Å². The quantitative estimate of drug-likeness (QED) is 0.819. The number of carboxylic acids is 1. The molecule has 0 spiro atoms. The number of rotatable bonds is 5. The number of benzene rings is 1. The van der Waals surface area contributed by atoms with E-state index in [0.29, 0.717) is 19.6 Å². The van der Waals surface area contributed by atoms with Crippen LogP contribution < -0.4 is 14.8 Å². The molecular formula is C13H17NO4. The fraction of sp³-hybridized carbons (Fsp3) is 0.462. The van der Waals surface area contributed by atoms with E-state index < -0.39 is 5.97 Å². The molecule has 5 nitrogen and oxygen atoms in total. The Labute approximate surface area is 106 Å². The van der Waals surface area contributed by atoms with E-state index in [1.54, 1.807) is 7.05 Å². The molecular weight excluding hydrogens is 234 g/mol. The van der Waals surface area contributed by atoms with Gasteiger partial charge in [-0.15, -0.1) is 0 Å². The SMILES string of the molecule is CNC(CC(=O)O)Cc1ccc2c(c1)OCCO2. The van der Waals surface area contributed by atoms with Crippen LogP contribution in [0, 0.1) is 0 Å². The molecule has 0 bridgehead atoms. The van der Waals surface area contributed by atoms with Gasteiger partial charge in [-0.25, -0.2) is 0 Å². The molecule has 18 heavy (non-hydrogen) atoms. The van der Waals surface area contributed by atoms with Crippen molar-refractivity contribution in [1.29, 1.82) is 0 Å². The van der Waals surface area contributed by atoms with Gasteiger partial charge in [-0.05, 0) is 31.2 Å². The number of hydrogen-bond donors (Lipinski definition) is 2. The van der Waals surface area contributed by atoms with Crippen molar-refractivity contribution in [3.05, 3.63) is 23.8 Å². The first-order chi connectivity index (χ1) is 8.69. The molecule has 1 aliphatic rings. The van der Waals surface area contributed by atoms with E-state index in [2.05, 4.69) is 5.32 Å². The first-order valence-electron chi connectivity index (χ1n) is 5.96. The van der Waals surface area contributed by atoms with E-state index in [0.717, 1.165) is 17.1 Å². The average molecular weight is 251 g/mol. The van der Waals surface area contributed by atoms with Crippen molar-refractivity contribution in [1.82, 2.24) is 5.32 Å². The Morgan fingerprint density at radius 2 is 2.11 bits per heavy atom. The molecule has 1 unspecified atom stereocenters. The highest BCUT2D eigenvalue weighted by molar-refractivity contribution is 5.67. The van der Waals surface area contributed by atoms with Gasteiger partial charge in [-0.2, -0.15) is 0 Å². The van der Waals surface area contributed by atoms with Gasteiger partial charge < -0.3 is 19.9 Å². The summed E-state index contributed by atoms with van der Waals surface area (Å²) in [4.78, 5) is 10.7. The summed E-state index contributed by atoms with van der Waals surface area (Å²) in [5, 5.41) is 11.8. The smallest absolute Gasteiger partial charge is 0.304 e. The van der Waals surface area contributed by atoms with Crippen molar-refractivity contribution in [2.45, 2.75) is 18.9 Å². The summed E-state index contributed by atoms with van der Waals surface area (Å²) in [6.07, 6.45) is 0.754. The maximum Gasteiger partial charge on any atom is 0.304 e. The Morgan fingerprint density at radius 1 is 1.39 bits per heavy atom. The van der Waals surface area contributed by atoms with E-state index in [4.69, 9.17) is 14.6 Å². The molecule has 1 aromatic rings. The number of nitrogens with one attached hydrogen (secondary N) is 1. The molecule has 98 valence electrons. The minimum absolute atomic E-state index is 0.0786. The van der Waals surface area contributed by atoms with Gasteiger partial charge >= 0.3 is 5.97 Å². The lowest BCUT2D eigenvalue weighted by Crippen LogP contribution is -2.30. The molecule has 0 aromatic heterocycles. The van der Waals surface area contributed by atoms with Crippen molar-refractivity contribution in [2.24, 2.45) is 0 Å². The van der Waals surface area contributed by atoms with Crippen LogP contribution in [0.5, 0.6) is 11.5 Å². The zero-order valence-electron chi connectivity index (χ0n) is 10.3. The first-order valence-corrected chi connectivity index (χ1v) is 5.96. The van der Waals surface area contributed by atoms with Crippen molar-refractivity contribution in [2.75, 3.05) is 20.3 Å². The lowest BCUT2D eigenvalue weighted by molar-refractivity contribution is -0.137. The largest absolute Gasteiger partial charge is 0.486 e. The van der Waals surface area contributed by atoms with Gasteiger partial charge in [0.05, 0.1) is 6.42 Å². The maximum atomic E-state index is 10.7. The Hall–Kier alpha value is -1.75. The third kappa shape index (κ3) is 3.13. The number of carboxylic acid groups (broad SMARTS) is 1. The number of likely N-dealkylation sites (N-methyl/N-ethyl adjacent to an activating group) is 1. The first kappa shape index (κ1) is 12.7. The standard InChI is InChI=1S/C13H17NO4/c1-14-10(8-13(15)16)6-9-2-3-11-12(7-9)18-5-4-17-11/h2-3,7,10,14H,4-6,8H2,1H3,(H,15,16). The van der Waals surface area contributed by atoms with Crippen molar-refractivity contribution in [3.63, 3.8) is 0 Å². The van der Waals surface area contributed by atoms with Crippen LogP contribution in [0.2, 0.25) is 0 Å². The summed E-state index contributed by atoms with van der Waals surface area (Å²) in [5.74, 6) is 0.695. The third-order valence-corrected chi connectivity index (χ3v) is 2.92. The highest BCUT2D eigenvalue weighted by Gasteiger charge is 2.15. The van der Waals surface area contributed by atoms with Gasteiger partial charge in [0.25, 0.3) is 0 Å². The Balaban J connectivity index is 2.06. The van der Waals surface area contributed by atoms with Crippen LogP contribution in [-0.4, -0.2) is 37.4 Å². The second kappa shape index (κ2) is 5.73. The van der Waals surface area contributed by atoms with E-state index >= 15 is 0 Å². The number of hydrogen-bond acceptors (Lipinski definition) is 4. The Kier molecular flexibility index (Phi) is 4.04. The molecule has 2 rings (SSSR count). The van der Waals surface area contributed by atoms with E-state index in [-0.39, 0.29) is 12.5 Å². The Morgan fingerprint density at radius 3 is 2.78 bits per heavy atom. The van der Waals surface area contributed by atoms with Crippen molar-refractivity contribution >= 4 is 5.97 Å². The summed E-state index contributed by atoms with van der Waals surface area (Å²) in [5.41, 5.74) is 1.04. The fourth-order valence-corrected chi connectivity index (χ4v) is 1.99. The lowest BCUT2D eigenvalue weighted by Gasteiger charge is -2.20. The maximum absolute atomic E-state index is 10.7. The number of ether oxygens (including phenoxy) is 2. The van der Waals surface area contributed by atoms with Crippen LogP contribution in [0.15, 0.2) is 18.2 Å². The third-order valence-electron chi connectivity index (χ3n) is 2.92. The van der Waals surface area contributed by atoms with Crippen molar-refractivity contribution < 1.29 is 19.4 Å². The van der Waals surface area contributed by atoms with Crippen LogP contribution >= 0.6 is 0 Å². The second-order valence-electron chi connectivity index (χ2n) is 4.27. The predicted octanol–water partition coefficient (Wildman–Crippen LogP) is 1.06. The molecule has 0 fully saturated rings. The van der Waals surface area contributed by atoms with Gasteiger partial charge in [0.15, 0.2) is 11.5 Å². The normalized spacial score (nSPS) is 15.2. The lowest BCUT2D eigenvalue weighted by atomic mass is 10.0. The predicted molar refractivity (Wildman–Crippen MR) is 66.2 cm³/mol. The number of fused-ring (bicyclic) bond motifs is 1. The van der Waals surface area contributed by atoms with E-state index in [1.807, 2.05) is 18.2 Å². The van der Waals surface area contributed by atoms with Crippen LogP contribution in [0.3, 0.4) is 0 Å². The van der Waals surface area contributed by atoms with Gasteiger partial charge in [0, 0.05) is 6.04 Å². The molecule has 0 aliphatic carbocycles. The molecule has 0 radical (unpaired) electrons. The number of aliphatic carboxylic acids is 1. The zero-order chi connectivity index (χ0) is 13.0. The fourth-order valence-electron chi connectivity index (χ4n) is 1.99. The summed E-state index contributed by atoms with van der Waals surface area (Å²) >= 11 is 0. The van der Waals surface area contributed by atoms with Crippen LogP contribution in [0.1, 0.15) is 12.0 Å². The van der Waals surface area contributed by atoms with Crippen LogP contribution in [-0.2, 0) is 11.2 Å². The van der Waals surface area contributed by atoms with Crippen LogP contribution in [0.25, 0.3) is 0 Å². The van der Waals surface area contributed by atoms with Crippen LogP contribution in [0.4, 0.5) is 0 Å². The Bertz CT molecular complexity index is 433. The average Bonchev–Trinajstić information content (AvgIpc) is 2.37. The van der Waals surface area contributed by atoms with E-state index in [1.165, 1.54) is 0 Å². The molecule has 1 atom stereocenters. The molecule has 0 amide bonds. The molecule has 2 N–H and O–H groups in total. The molecule has 1 heterocycles. The summed E-state index contributed by atoms with van der Waals surface area (Å²) in [6, 6.07) is 5.66. The van der Waals surface area contributed by atoms with Crippen molar-refractivity contribution in [3.8, 4) is 11.5 Å². The highest BCUT2D eigenvalue weighted by Crippen LogP contribution is 2.31. The van der Waals surface area contributed by atoms with Gasteiger partial charge in [0.1, 0.15) is 13.2 Å². The second-order valence-corrected chi connectivity index (χ2v) is 4.27. The molecule has 1 aromatic carbocycles. The minimum Gasteiger partial charge on any atom is -0.486 e. The topological polar surface area (TPSA) is 67.8 Å².